The van der Waals surface area contributed by atoms with Crippen LogP contribution in [0.3, 0.4) is 0 Å². The SMILES string of the molecule is CC(C)CCC[C@]1(C)Oc2ccccc2[C@H]2OCC3(CCNCC3)C[C@@H]21. The first-order valence-electron chi connectivity index (χ1n) is 10.6. The van der Waals surface area contributed by atoms with E-state index < -0.39 is 0 Å². The van der Waals surface area contributed by atoms with Gasteiger partial charge in [-0.3, -0.25) is 0 Å². The predicted octanol–water partition coefficient (Wildman–Crippen LogP) is 5.11. The van der Waals surface area contributed by atoms with Crippen LogP contribution in [0.2, 0.25) is 0 Å². The summed E-state index contributed by atoms with van der Waals surface area (Å²) in [6.45, 7) is 10.1. The van der Waals surface area contributed by atoms with E-state index in [1.807, 2.05) is 0 Å². The van der Waals surface area contributed by atoms with Gasteiger partial charge in [-0.25, -0.2) is 0 Å². The van der Waals surface area contributed by atoms with Gasteiger partial charge in [0.25, 0.3) is 0 Å². The van der Waals surface area contributed by atoms with Crippen LogP contribution in [0.5, 0.6) is 5.75 Å². The van der Waals surface area contributed by atoms with Crippen molar-refractivity contribution in [2.75, 3.05) is 19.7 Å². The second kappa shape index (κ2) is 7.16. The smallest absolute Gasteiger partial charge is 0.125 e. The molecule has 3 heterocycles. The molecule has 0 amide bonds. The summed E-state index contributed by atoms with van der Waals surface area (Å²) in [7, 11) is 0. The number of hydrogen-bond donors (Lipinski definition) is 1. The molecule has 0 radical (unpaired) electrons. The summed E-state index contributed by atoms with van der Waals surface area (Å²) in [6.07, 6.45) is 7.54. The normalized spacial score (nSPS) is 32.8. The Balaban J connectivity index is 1.62. The fourth-order valence-electron chi connectivity index (χ4n) is 5.40. The molecule has 3 atom stereocenters. The number of ether oxygens (including phenoxy) is 2. The summed E-state index contributed by atoms with van der Waals surface area (Å²) in [5.74, 6) is 2.25. The van der Waals surface area contributed by atoms with Gasteiger partial charge in [0.1, 0.15) is 11.4 Å². The molecule has 3 heteroatoms. The van der Waals surface area contributed by atoms with Crippen molar-refractivity contribution < 1.29 is 9.47 Å². The van der Waals surface area contributed by atoms with Gasteiger partial charge in [0.05, 0.1) is 12.7 Å². The molecule has 2 fully saturated rings. The van der Waals surface area contributed by atoms with Crippen molar-refractivity contribution >= 4 is 0 Å². The topological polar surface area (TPSA) is 30.5 Å². The Kier molecular flexibility index (Phi) is 5.04. The molecule has 1 N–H and O–H groups in total. The molecule has 1 aromatic rings. The van der Waals surface area contributed by atoms with E-state index in [4.69, 9.17) is 9.47 Å². The summed E-state index contributed by atoms with van der Waals surface area (Å²) in [6, 6.07) is 8.55. The number of para-hydroxylation sites is 1. The van der Waals surface area contributed by atoms with Crippen molar-refractivity contribution in [2.45, 2.75) is 71.0 Å². The average Bonchev–Trinajstić information content (AvgIpc) is 2.62. The van der Waals surface area contributed by atoms with Crippen LogP contribution in [0.4, 0.5) is 0 Å². The zero-order valence-electron chi connectivity index (χ0n) is 16.7. The quantitative estimate of drug-likeness (QED) is 0.812. The van der Waals surface area contributed by atoms with E-state index in [9.17, 15) is 0 Å². The highest BCUT2D eigenvalue weighted by Gasteiger charge is 2.53. The molecule has 3 aliphatic heterocycles. The van der Waals surface area contributed by atoms with Gasteiger partial charge in [0, 0.05) is 11.5 Å². The Bertz CT molecular complexity index is 622. The van der Waals surface area contributed by atoms with Gasteiger partial charge in [0.2, 0.25) is 0 Å². The zero-order chi connectivity index (χ0) is 18.2. The first kappa shape index (κ1) is 18.3. The number of rotatable bonds is 4. The third-order valence-electron chi connectivity index (χ3n) is 7.06. The van der Waals surface area contributed by atoms with E-state index in [0.717, 1.165) is 37.8 Å². The highest BCUT2D eigenvalue weighted by Crippen LogP contribution is 2.56. The molecule has 1 spiro atoms. The highest BCUT2D eigenvalue weighted by molar-refractivity contribution is 5.39. The van der Waals surface area contributed by atoms with Crippen LogP contribution in [-0.4, -0.2) is 25.3 Å². The maximum Gasteiger partial charge on any atom is 0.125 e. The van der Waals surface area contributed by atoms with Gasteiger partial charge in [-0.15, -0.1) is 0 Å². The minimum absolute atomic E-state index is 0.119. The van der Waals surface area contributed by atoms with Gasteiger partial charge in [-0.2, -0.15) is 0 Å². The predicted molar refractivity (Wildman–Crippen MR) is 106 cm³/mol. The Hall–Kier alpha value is -1.06. The van der Waals surface area contributed by atoms with Crippen molar-refractivity contribution in [2.24, 2.45) is 17.3 Å². The van der Waals surface area contributed by atoms with E-state index >= 15 is 0 Å². The van der Waals surface area contributed by atoms with Crippen LogP contribution < -0.4 is 10.1 Å². The summed E-state index contributed by atoms with van der Waals surface area (Å²) < 4.78 is 13.3. The molecular weight excluding hydrogens is 322 g/mol. The van der Waals surface area contributed by atoms with E-state index in [0.29, 0.717) is 11.3 Å². The molecule has 1 aromatic carbocycles. The van der Waals surface area contributed by atoms with Crippen LogP contribution in [-0.2, 0) is 4.74 Å². The van der Waals surface area contributed by atoms with Crippen LogP contribution in [0.15, 0.2) is 24.3 Å². The monoisotopic (exact) mass is 357 g/mol. The Labute approximate surface area is 158 Å². The van der Waals surface area contributed by atoms with Crippen molar-refractivity contribution in [3.8, 4) is 5.75 Å². The molecule has 26 heavy (non-hydrogen) atoms. The van der Waals surface area contributed by atoms with E-state index in [2.05, 4.69) is 50.4 Å². The van der Waals surface area contributed by atoms with Gasteiger partial charge < -0.3 is 14.8 Å². The number of nitrogens with one attached hydrogen (secondary N) is 1. The van der Waals surface area contributed by atoms with Crippen molar-refractivity contribution in [3.05, 3.63) is 29.8 Å². The van der Waals surface area contributed by atoms with Crippen LogP contribution in [0, 0.1) is 17.3 Å². The lowest BCUT2D eigenvalue weighted by molar-refractivity contribution is -0.176. The standard InChI is InChI=1S/C23H35NO2/c1-17(2)7-6-10-22(3)19-15-23(11-13-24-14-12-23)16-25-21(19)18-8-4-5-9-20(18)26-22/h4-5,8-9,17,19,21,24H,6-7,10-16H2,1-3H3/t19-,21+,22-/m0/s1. The van der Waals surface area contributed by atoms with Gasteiger partial charge in [0.15, 0.2) is 0 Å². The molecule has 2 saturated heterocycles. The second-order valence-electron chi connectivity index (χ2n) is 9.53. The summed E-state index contributed by atoms with van der Waals surface area (Å²) >= 11 is 0. The number of piperidine rings is 1. The summed E-state index contributed by atoms with van der Waals surface area (Å²) in [5, 5.41) is 3.52. The van der Waals surface area contributed by atoms with Crippen molar-refractivity contribution in [1.29, 1.82) is 0 Å². The molecule has 144 valence electrons. The maximum atomic E-state index is 6.71. The first-order chi connectivity index (χ1) is 12.5. The molecule has 3 nitrogen and oxygen atoms in total. The zero-order valence-corrected chi connectivity index (χ0v) is 16.7. The highest BCUT2D eigenvalue weighted by atomic mass is 16.5. The lowest BCUT2D eigenvalue weighted by Gasteiger charge is -2.54. The number of benzene rings is 1. The van der Waals surface area contributed by atoms with Crippen molar-refractivity contribution in [3.63, 3.8) is 0 Å². The first-order valence-corrected chi connectivity index (χ1v) is 10.6. The minimum atomic E-state index is -0.119. The third kappa shape index (κ3) is 3.41. The van der Waals surface area contributed by atoms with Gasteiger partial charge >= 0.3 is 0 Å². The van der Waals surface area contributed by atoms with E-state index in [-0.39, 0.29) is 11.7 Å². The molecule has 0 unspecified atom stereocenters. The fourth-order valence-corrected chi connectivity index (χ4v) is 5.40. The number of hydrogen-bond acceptors (Lipinski definition) is 3. The molecule has 0 aliphatic carbocycles. The second-order valence-corrected chi connectivity index (χ2v) is 9.53. The Morgan fingerprint density at radius 1 is 1.19 bits per heavy atom. The van der Waals surface area contributed by atoms with Crippen LogP contribution in [0.25, 0.3) is 0 Å². The van der Waals surface area contributed by atoms with Gasteiger partial charge in [-0.1, -0.05) is 38.5 Å². The lowest BCUT2D eigenvalue weighted by atomic mass is 9.63. The largest absolute Gasteiger partial charge is 0.487 e. The summed E-state index contributed by atoms with van der Waals surface area (Å²) in [4.78, 5) is 0. The molecule has 3 aliphatic rings. The summed E-state index contributed by atoms with van der Waals surface area (Å²) in [5.41, 5.74) is 1.50. The number of fused-ring (bicyclic) bond motifs is 3. The van der Waals surface area contributed by atoms with E-state index in [1.165, 1.54) is 37.7 Å². The molecule has 0 aromatic heterocycles. The van der Waals surface area contributed by atoms with E-state index in [1.54, 1.807) is 0 Å². The lowest BCUT2D eigenvalue weighted by Crippen LogP contribution is -2.55. The molecule has 0 saturated carbocycles. The van der Waals surface area contributed by atoms with Gasteiger partial charge in [-0.05, 0) is 69.5 Å². The van der Waals surface area contributed by atoms with Crippen LogP contribution >= 0.6 is 0 Å². The molecule has 0 bridgehead atoms. The minimum Gasteiger partial charge on any atom is -0.487 e. The fraction of sp³-hybridized carbons (Fsp3) is 0.739. The van der Waals surface area contributed by atoms with Crippen LogP contribution in [0.1, 0.15) is 71.0 Å². The maximum absolute atomic E-state index is 6.71. The Morgan fingerprint density at radius 3 is 2.73 bits per heavy atom. The Morgan fingerprint density at radius 2 is 1.96 bits per heavy atom. The molecule has 4 rings (SSSR count). The van der Waals surface area contributed by atoms with Crippen molar-refractivity contribution in [1.82, 2.24) is 5.32 Å². The average molecular weight is 358 g/mol. The molecular formula is C23H35NO2. The third-order valence-corrected chi connectivity index (χ3v) is 7.06.